The highest BCUT2D eigenvalue weighted by Gasteiger charge is 2.31. The molecule has 2 aromatic rings. The van der Waals surface area contributed by atoms with Crippen LogP contribution >= 0.6 is 0 Å². The maximum Gasteiger partial charge on any atom is 0.320 e. The number of rotatable bonds is 7. The zero-order valence-corrected chi connectivity index (χ0v) is 16.7. The van der Waals surface area contributed by atoms with E-state index in [-0.39, 0.29) is 4.90 Å². The number of likely N-dealkylation sites (tertiary alicyclic amines) is 1. The van der Waals surface area contributed by atoms with Crippen molar-refractivity contribution < 1.29 is 18.3 Å². The lowest BCUT2D eigenvalue weighted by Crippen LogP contribution is -2.36. The van der Waals surface area contributed by atoms with Gasteiger partial charge in [-0.25, -0.2) is 17.7 Å². The highest BCUT2D eigenvalue weighted by molar-refractivity contribution is 7.89. The summed E-state index contributed by atoms with van der Waals surface area (Å²) in [7, 11) is -0.531. The molecule has 8 nitrogen and oxygen atoms in total. The lowest BCUT2D eigenvalue weighted by Gasteiger charge is -2.21. The van der Waals surface area contributed by atoms with Crippen LogP contribution in [0.3, 0.4) is 0 Å². The van der Waals surface area contributed by atoms with Crippen molar-refractivity contribution in [3.8, 4) is 0 Å². The molecule has 1 aromatic heterocycles. The molecule has 2 heterocycles. The molecule has 0 amide bonds. The molecule has 0 radical (unpaired) electrons. The summed E-state index contributed by atoms with van der Waals surface area (Å²) < 4.78 is 28.1. The lowest BCUT2D eigenvalue weighted by molar-refractivity contribution is -0.142. The van der Waals surface area contributed by atoms with Crippen LogP contribution in [0.5, 0.6) is 0 Å². The Kier molecular flexibility index (Phi) is 5.55. The minimum absolute atomic E-state index is 0.206. The Labute approximate surface area is 159 Å². The van der Waals surface area contributed by atoms with Crippen LogP contribution < -0.4 is 0 Å². The minimum Gasteiger partial charge on any atom is -0.480 e. The first-order chi connectivity index (χ1) is 12.8. The topological polar surface area (TPSA) is 95.7 Å². The standard InChI is InChI=1S/C18H26N4O4S/c1-4-9-22-15-8-7-13(27(25,26)20(2)3)11-14(15)19-17(22)12-21-10-5-6-16(21)18(23)24/h7-8,11,16H,4-6,9-10,12H2,1-3H3,(H,23,24). The molecule has 1 unspecified atom stereocenters. The van der Waals surface area contributed by atoms with E-state index in [1.165, 1.54) is 18.4 Å². The van der Waals surface area contributed by atoms with Crippen LogP contribution in [0, 0.1) is 0 Å². The normalized spacial score (nSPS) is 18.6. The average Bonchev–Trinajstić information content (AvgIpc) is 3.20. The lowest BCUT2D eigenvalue weighted by atomic mass is 10.2. The van der Waals surface area contributed by atoms with E-state index < -0.39 is 22.0 Å². The summed E-state index contributed by atoms with van der Waals surface area (Å²) in [6, 6.07) is 4.50. The Morgan fingerprint density at radius 1 is 1.37 bits per heavy atom. The van der Waals surface area contributed by atoms with Crippen LogP contribution in [0.25, 0.3) is 11.0 Å². The van der Waals surface area contributed by atoms with Gasteiger partial charge in [0.2, 0.25) is 10.0 Å². The summed E-state index contributed by atoms with van der Waals surface area (Å²) in [5, 5.41) is 9.41. The van der Waals surface area contributed by atoms with Gasteiger partial charge in [0.05, 0.1) is 22.5 Å². The number of nitrogens with zero attached hydrogens (tertiary/aromatic N) is 4. The van der Waals surface area contributed by atoms with Crippen molar-refractivity contribution in [2.24, 2.45) is 0 Å². The van der Waals surface area contributed by atoms with Crippen molar-refractivity contribution in [3.63, 3.8) is 0 Å². The highest BCUT2D eigenvalue weighted by Crippen LogP contribution is 2.25. The van der Waals surface area contributed by atoms with Gasteiger partial charge in [-0.2, -0.15) is 0 Å². The number of imidazole rings is 1. The molecule has 1 atom stereocenters. The molecule has 0 spiro atoms. The van der Waals surface area contributed by atoms with Crippen molar-refractivity contribution in [2.75, 3.05) is 20.6 Å². The quantitative estimate of drug-likeness (QED) is 0.769. The number of carboxylic acids is 1. The first-order valence-corrected chi connectivity index (χ1v) is 10.6. The van der Waals surface area contributed by atoms with E-state index in [1.807, 2.05) is 4.90 Å². The molecule has 27 heavy (non-hydrogen) atoms. The maximum atomic E-state index is 12.4. The van der Waals surface area contributed by atoms with Crippen LogP contribution in [0.2, 0.25) is 0 Å². The fourth-order valence-corrected chi connectivity index (χ4v) is 4.52. The second-order valence-electron chi connectivity index (χ2n) is 7.08. The molecule has 1 aliphatic rings. The Balaban J connectivity index is 2.02. The molecule has 1 fully saturated rings. The Morgan fingerprint density at radius 2 is 2.11 bits per heavy atom. The van der Waals surface area contributed by atoms with Crippen molar-refractivity contribution in [2.45, 2.75) is 50.2 Å². The van der Waals surface area contributed by atoms with Crippen molar-refractivity contribution >= 4 is 27.0 Å². The van der Waals surface area contributed by atoms with Gasteiger partial charge < -0.3 is 9.67 Å². The number of sulfonamides is 1. The molecular weight excluding hydrogens is 368 g/mol. The van der Waals surface area contributed by atoms with E-state index in [0.717, 1.165) is 37.3 Å². The van der Waals surface area contributed by atoms with Gasteiger partial charge in [-0.1, -0.05) is 6.92 Å². The number of benzene rings is 1. The van der Waals surface area contributed by atoms with Crippen molar-refractivity contribution in [1.82, 2.24) is 18.8 Å². The van der Waals surface area contributed by atoms with Gasteiger partial charge in [0.15, 0.2) is 0 Å². The summed E-state index contributed by atoms with van der Waals surface area (Å²) >= 11 is 0. The summed E-state index contributed by atoms with van der Waals surface area (Å²) in [6.07, 6.45) is 2.41. The Bertz CT molecular complexity index is 952. The highest BCUT2D eigenvalue weighted by atomic mass is 32.2. The molecule has 0 saturated carbocycles. The number of aliphatic carboxylic acids is 1. The monoisotopic (exact) mass is 394 g/mol. The Morgan fingerprint density at radius 3 is 2.74 bits per heavy atom. The number of carbonyl (C=O) groups is 1. The van der Waals surface area contributed by atoms with Gasteiger partial charge in [0.25, 0.3) is 0 Å². The summed E-state index contributed by atoms with van der Waals surface area (Å²) in [6.45, 7) is 3.99. The van der Waals surface area contributed by atoms with Gasteiger partial charge in [-0.3, -0.25) is 9.69 Å². The predicted octanol–water partition coefficient (Wildman–Crippen LogP) is 1.75. The molecule has 1 saturated heterocycles. The first kappa shape index (κ1) is 19.8. The molecule has 0 aliphatic carbocycles. The van der Waals surface area contributed by atoms with E-state index in [1.54, 1.807) is 18.2 Å². The van der Waals surface area contributed by atoms with E-state index >= 15 is 0 Å². The van der Waals surface area contributed by atoms with Crippen LogP contribution in [-0.4, -0.2) is 64.9 Å². The molecular formula is C18H26N4O4S. The molecule has 3 rings (SSSR count). The predicted molar refractivity (Wildman–Crippen MR) is 102 cm³/mol. The Hall–Kier alpha value is -1.97. The van der Waals surface area contributed by atoms with Gasteiger partial charge in [0, 0.05) is 20.6 Å². The van der Waals surface area contributed by atoms with Gasteiger partial charge >= 0.3 is 5.97 Å². The fraction of sp³-hybridized carbons (Fsp3) is 0.556. The minimum atomic E-state index is -3.53. The van der Waals surface area contributed by atoms with Gasteiger partial charge in [0.1, 0.15) is 11.9 Å². The summed E-state index contributed by atoms with van der Waals surface area (Å²) in [5.41, 5.74) is 1.49. The molecule has 1 aromatic carbocycles. The van der Waals surface area contributed by atoms with Crippen molar-refractivity contribution in [3.05, 3.63) is 24.0 Å². The molecule has 148 valence electrons. The number of hydrogen-bond donors (Lipinski definition) is 1. The van der Waals surface area contributed by atoms with E-state index in [9.17, 15) is 18.3 Å². The van der Waals surface area contributed by atoms with Gasteiger partial charge in [-0.05, 0) is 44.0 Å². The second-order valence-corrected chi connectivity index (χ2v) is 9.24. The van der Waals surface area contributed by atoms with E-state index in [2.05, 4.69) is 16.5 Å². The number of aromatic nitrogens is 2. The van der Waals surface area contributed by atoms with Gasteiger partial charge in [-0.15, -0.1) is 0 Å². The number of aryl methyl sites for hydroxylation is 1. The molecule has 1 aliphatic heterocycles. The summed E-state index contributed by atoms with van der Waals surface area (Å²) in [5.74, 6) is -0.0237. The molecule has 1 N–H and O–H groups in total. The molecule has 0 bridgehead atoms. The van der Waals surface area contributed by atoms with Crippen molar-refractivity contribution in [1.29, 1.82) is 0 Å². The number of fused-ring (bicyclic) bond motifs is 1. The van der Waals surface area contributed by atoms with E-state index in [0.29, 0.717) is 18.5 Å². The zero-order valence-electron chi connectivity index (χ0n) is 15.9. The largest absolute Gasteiger partial charge is 0.480 e. The SMILES string of the molecule is CCCn1c(CN2CCCC2C(=O)O)nc2cc(S(=O)(=O)N(C)C)ccc21. The van der Waals surface area contributed by atoms with Crippen LogP contribution in [0.4, 0.5) is 0 Å². The fourth-order valence-electron chi connectivity index (χ4n) is 3.60. The van der Waals surface area contributed by atoms with Crippen LogP contribution in [0.15, 0.2) is 23.1 Å². The third-order valence-corrected chi connectivity index (χ3v) is 6.83. The average molecular weight is 394 g/mol. The maximum absolute atomic E-state index is 12.4. The van der Waals surface area contributed by atoms with Crippen LogP contribution in [-0.2, 0) is 27.9 Å². The zero-order chi connectivity index (χ0) is 19.8. The number of hydrogen-bond acceptors (Lipinski definition) is 5. The molecule has 9 heteroatoms. The third kappa shape index (κ3) is 3.71. The number of carboxylic acid groups (broad SMARTS) is 1. The van der Waals surface area contributed by atoms with E-state index in [4.69, 9.17) is 0 Å². The van der Waals surface area contributed by atoms with Crippen LogP contribution in [0.1, 0.15) is 32.0 Å². The first-order valence-electron chi connectivity index (χ1n) is 9.14. The smallest absolute Gasteiger partial charge is 0.320 e. The second kappa shape index (κ2) is 7.57. The summed E-state index contributed by atoms with van der Waals surface area (Å²) in [4.78, 5) is 18.3. The third-order valence-electron chi connectivity index (χ3n) is 5.02.